The molecule has 2 aromatic rings. The van der Waals surface area contributed by atoms with E-state index in [9.17, 15) is 17.6 Å². The van der Waals surface area contributed by atoms with Gasteiger partial charge in [0.25, 0.3) is 5.91 Å². The molecule has 0 radical (unpaired) electrons. The van der Waals surface area contributed by atoms with Crippen LogP contribution in [0.5, 0.6) is 5.75 Å². The molecule has 0 saturated heterocycles. The van der Waals surface area contributed by atoms with Gasteiger partial charge in [0, 0.05) is 6.07 Å². The quantitative estimate of drug-likeness (QED) is 0.859. The Hall–Kier alpha value is -2.45. The molecule has 0 saturated carbocycles. The second-order valence-electron chi connectivity index (χ2n) is 5.15. The van der Waals surface area contributed by atoms with Crippen molar-refractivity contribution >= 4 is 15.9 Å². The van der Waals surface area contributed by atoms with Crippen molar-refractivity contribution in [3.63, 3.8) is 0 Å². The highest BCUT2D eigenvalue weighted by Crippen LogP contribution is 2.19. The van der Waals surface area contributed by atoms with Gasteiger partial charge >= 0.3 is 0 Å². The Kier molecular flexibility index (Phi) is 5.20. The SMILES string of the molecule is COc1ccc(C(=O)NC(C)c2ccc(S(N)(=O)=O)cc2)c(F)c1. The molecule has 0 aliphatic carbocycles. The van der Waals surface area contributed by atoms with Gasteiger partial charge in [-0.25, -0.2) is 17.9 Å². The van der Waals surface area contributed by atoms with Gasteiger partial charge in [0.2, 0.25) is 10.0 Å². The summed E-state index contributed by atoms with van der Waals surface area (Å²) in [4.78, 5) is 12.1. The average molecular weight is 352 g/mol. The number of rotatable bonds is 5. The Morgan fingerprint density at radius 1 is 1.21 bits per heavy atom. The zero-order valence-corrected chi connectivity index (χ0v) is 13.9. The molecular formula is C16H17FN2O4S. The third-order valence-corrected chi connectivity index (χ3v) is 4.41. The number of sulfonamides is 1. The van der Waals surface area contributed by atoms with Crippen LogP contribution in [0.2, 0.25) is 0 Å². The first-order valence-electron chi connectivity index (χ1n) is 6.99. The van der Waals surface area contributed by atoms with Crippen LogP contribution in [0.3, 0.4) is 0 Å². The van der Waals surface area contributed by atoms with Gasteiger partial charge in [-0.2, -0.15) is 0 Å². The maximum atomic E-state index is 13.9. The van der Waals surface area contributed by atoms with Gasteiger partial charge in [0.05, 0.1) is 23.6 Å². The van der Waals surface area contributed by atoms with Crippen LogP contribution in [0.1, 0.15) is 28.9 Å². The highest BCUT2D eigenvalue weighted by molar-refractivity contribution is 7.89. The number of carbonyl (C=O) groups is 1. The Labute approximate surface area is 139 Å². The summed E-state index contributed by atoms with van der Waals surface area (Å²) < 4.78 is 41.2. The molecule has 3 N–H and O–H groups in total. The topological polar surface area (TPSA) is 98.5 Å². The summed E-state index contributed by atoms with van der Waals surface area (Å²) >= 11 is 0. The van der Waals surface area contributed by atoms with Crippen LogP contribution in [-0.4, -0.2) is 21.4 Å². The minimum atomic E-state index is -3.77. The van der Waals surface area contributed by atoms with Crippen molar-refractivity contribution in [2.24, 2.45) is 5.14 Å². The molecule has 0 fully saturated rings. The first-order chi connectivity index (χ1) is 11.2. The fraction of sp³-hybridized carbons (Fsp3) is 0.188. The third kappa shape index (κ3) is 4.09. The lowest BCUT2D eigenvalue weighted by Gasteiger charge is -2.15. The van der Waals surface area contributed by atoms with E-state index < -0.39 is 27.8 Å². The normalized spacial score (nSPS) is 12.5. The maximum absolute atomic E-state index is 13.9. The van der Waals surface area contributed by atoms with Crippen molar-refractivity contribution < 1.29 is 22.3 Å². The van der Waals surface area contributed by atoms with Gasteiger partial charge in [-0.05, 0) is 36.8 Å². The van der Waals surface area contributed by atoms with Gasteiger partial charge in [0.15, 0.2) is 0 Å². The number of halogens is 1. The van der Waals surface area contributed by atoms with Crippen molar-refractivity contribution in [3.05, 3.63) is 59.4 Å². The van der Waals surface area contributed by atoms with Crippen molar-refractivity contribution in [2.45, 2.75) is 17.9 Å². The summed E-state index contributed by atoms with van der Waals surface area (Å²) in [6.45, 7) is 1.70. The van der Waals surface area contributed by atoms with E-state index >= 15 is 0 Å². The summed E-state index contributed by atoms with van der Waals surface area (Å²) in [5.74, 6) is -0.961. The highest BCUT2D eigenvalue weighted by atomic mass is 32.2. The monoisotopic (exact) mass is 352 g/mol. The summed E-state index contributed by atoms with van der Waals surface area (Å²) in [6, 6.07) is 9.27. The van der Waals surface area contributed by atoms with E-state index in [4.69, 9.17) is 9.88 Å². The zero-order valence-electron chi connectivity index (χ0n) is 13.1. The molecule has 0 heterocycles. The number of hydrogen-bond acceptors (Lipinski definition) is 4. The Bertz CT molecular complexity index is 851. The molecular weight excluding hydrogens is 335 g/mol. The fourth-order valence-corrected chi connectivity index (χ4v) is 2.63. The summed E-state index contributed by atoms with van der Waals surface area (Å²) in [5.41, 5.74) is 0.550. The molecule has 1 unspecified atom stereocenters. The molecule has 0 aliphatic heterocycles. The lowest BCUT2D eigenvalue weighted by molar-refractivity contribution is 0.0935. The second-order valence-corrected chi connectivity index (χ2v) is 6.72. The van der Waals surface area contributed by atoms with E-state index in [1.165, 1.54) is 43.5 Å². The van der Waals surface area contributed by atoms with Crippen LogP contribution >= 0.6 is 0 Å². The fourth-order valence-electron chi connectivity index (χ4n) is 2.11. The van der Waals surface area contributed by atoms with Crippen LogP contribution in [0.4, 0.5) is 4.39 Å². The molecule has 2 aromatic carbocycles. The van der Waals surface area contributed by atoms with Crippen LogP contribution in [-0.2, 0) is 10.0 Å². The van der Waals surface area contributed by atoms with Crippen molar-refractivity contribution in [1.29, 1.82) is 0 Å². The molecule has 1 amide bonds. The maximum Gasteiger partial charge on any atom is 0.254 e. The van der Waals surface area contributed by atoms with E-state index in [1.54, 1.807) is 6.92 Å². The predicted octanol–water partition coefficient (Wildman–Crippen LogP) is 1.97. The van der Waals surface area contributed by atoms with Gasteiger partial charge in [0.1, 0.15) is 11.6 Å². The standard InChI is InChI=1S/C16H17FN2O4S/c1-10(11-3-6-13(7-4-11)24(18,21)22)19-16(20)14-8-5-12(23-2)9-15(14)17/h3-10H,1-2H3,(H,19,20)(H2,18,21,22). The van der Waals surface area contributed by atoms with E-state index in [-0.39, 0.29) is 10.5 Å². The number of hydrogen-bond donors (Lipinski definition) is 2. The third-order valence-electron chi connectivity index (χ3n) is 3.48. The highest BCUT2D eigenvalue weighted by Gasteiger charge is 2.16. The summed E-state index contributed by atoms with van der Waals surface area (Å²) in [5, 5.41) is 7.68. The van der Waals surface area contributed by atoms with Crippen LogP contribution in [0.25, 0.3) is 0 Å². The van der Waals surface area contributed by atoms with Gasteiger partial charge in [-0.3, -0.25) is 4.79 Å². The van der Waals surface area contributed by atoms with Crippen molar-refractivity contribution in [3.8, 4) is 5.75 Å². The number of ether oxygens (including phenoxy) is 1. The number of benzene rings is 2. The molecule has 0 aliphatic rings. The first kappa shape index (κ1) is 17.9. The largest absolute Gasteiger partial charge is 0.497 e. The minimum Gasteiger partial charge on any atom is -0.497 e. The number of amides is 1. The number of primary sulfonamides is 1. The molecule has 1 atom stereocenters. The lowest BCUT2D eigenvalue weighted by Crippen LogP contribution is -2.27. The molecule has 128 valence electrons. The van der Waals surface area contributed by atoms with E-state index in [0.717, 1.165) is 6.07 Å². The van der Waals surface area contributed by atoms with E-state index in [2.05, 4.69) is 5.32 Å². The smallest absolute Gasteiger partial charge is 0.254 e. The minimum absolute atomic E-state index is 0.0222. The molecule has 0 aromatic heterocycles. The summed E-state index contributed by atoms with van der Waals surface area (Å²) in [6.07, 6.45) is 0. The summed E-state index contributed by atoms with van der Waals surface area (Å²) in [7, 11) is -2.37. The Morgan fingerprint density at radius 2 is 1.83 bits per heavy atom. The molecule has 8 heteroatoms. The van der Waals surface area contributed by atoms with E-state index in [1.807, 2.05) is 0 Å². The number of carbonyl (C=O) groups excluding carboxylic acids is 1. The van der Waals surface area contributed by atoms with Crippen LogP contribution in [0.15, 0.2) is 47.4 Å². The first-order valence-corrected chi connectivity index (χ1v) is 8.54. The van der Waals surface area contributed by atoms with Gasteiger partial charge in [-0.1, -0.05) is 12.1 Å². The zero-order chi connectivity index (χ0) is 17.9. The second kappa shape index (κ2) is 6.98. The van der Waals surface area contributed by atoms with Crippen molar-refractivity contribution in [2.75, 3.05) is 7.11 Å². The molecule has 24 heavy (non-hydrogen) atoms. The van der Waals surface area contributed by atoms with Gasteiger partial charge < -0.3 is 10.1 Å². The molecule has 2 rings (SSSR count). The van der Waals surface area contributed by atoms with Crippen LogP contribution < -0.4 is 15.2 Å². The lowest BCUT2D eigenvalue weighted by atomic mass is 10.1. The Morgan fingerprint density at radius 3 is 2.33 bits per heavy atom. The van der Waals surface area contributed by atoms with Crippen LogP contribution in [0, 0.1) is 5.82 Å². The average Bonchev–Trinajstić information content (AvgIpc) is 2.53. The number of methoxy groups -OCH3 is 1. The van der Waals surface area contributed by atoms with E-state index in [0.29, 0.717) is 11.3 Å². The van der Waals surface area contributed by atoms with Gasteiger partial charge in [-0.15, -0.1) is 0 Å². The number of nitrogens with two attached hydrogens (primary N) is 1. The molecule has 0 spiro atoms. The number of nitrogens with one attached hydrogen (secondary N) is 1. The molecule has 0 bridgehead atoms. The van der Waals surface area contributed by atoms with Crippen molar-refractivity contribution in [1.82, 2.24) is 5.32 Å². The predicted molar refractivity (Wildman–Crippen MR) is 86.6 cm³/mol. The Balaban J connectivity index is 2.14. The molecule has 6 nitrogen and oxygen atoms in total.